The van der Waals surface area contributed by atoms with Crippen molar-refractivity contribution in [3.8, 4) is 11.6 Å². The highest BCUT2D eigenvalue weighted by Gasteiger charge is 2.10. The van der Waals surface area contributed by atoms with Crippen LogP contribution in [0.5, 0.6) is 0 Å². The fraction of sp³-hybridized carbons (Fsp3) is 0.364. The predicted octanol–water partition coefficient (Wildman–Crippen LogP) is 1.33. The van der Waals surface area contributed by atoms with Crippen LogP contribution in [0.15, 0.2) is 22.7 Å². The minimum atomic E-state index is 0.0240. The molecule has 0 aliphatic heterocycles. The number of nitrogens with zero attached hydrogens (tertiary/aromatic N) is 3. The number of nitrogens with two attached hydrogens (primary N) is 1. The third-order valence-electron chi connectivity index (χ3n) is 2.08. The van der Waals surface area contributed by atoms with Crippen LogP contribution in [-0.2, 0) is 6.42 Å². The van der Waals surface area contributed by atoms with Crippen molar-refractivity contribution in [1.29, 1.82) is 0 Å². The van der Waals surface area contributed by atoms with Crippen molar-refractivity contribution >= 4 is 0 Å². The molecule has 0 amide bonds. The molecule has 0 saturated carbocycles. The van der Waals surface area contributed by atoms with Gasteiger partial charge in [0.25, 0.3) is 5.89 Å². The van der Waals surface area contributed by atoms with Crippen LogP contribution in [-0.4, -0.2) is 21.2 Å². The zero-order chi connectivity index (χ0) is 11.5. The number of pyridine rings is 1. The van der Waals surface area contributed by atoms with Gasteiger partial charge in [-0.1, -0.05) is 11.2 Å². The predicted molar refractivity (Wildman–Crippen MR) is 59.6 cm³/mol. The molecule has 0 bridgehead atoms. The van der Waals surface area contributed by atoms with E-state index in [0.29, 0.717) is 23.8 Å². The molecule has 2 rings (SSSR count). The Bertz CT molecular complexity index is 478. The Kier molecular flexibility index (Phi) is 2.96. The molecule has 2 aromatic rings. The molecule has 1 unspecified atom stereocenters. The highest BCUT2D eigenvalue weighted by molar-refractivity contribution is 5.46. The number of rotatable bonds is 3. The topological polar surface area (TPSA) is 77.8 Å². The summed E-state index contributed by atoms with van der Waals surface area (Å²) in [7, 11) is 0. The summed E-state index contributed by atoms with van der Waals surface area (Å²) in [5.74, 6) is 1.06. The first kappa shape index (κ1) is 10.8. The Hall–Kier alpha value is -1.75. The lowest BCUT2D eigenvalue weighted by Crippen LogP contribution is -2.18. The van der Waals surface area contributed by atoms with E-state index < -0.39 is 0 Å². The first-order valence-corrected chi connectivity index (χ1v) is 5.17. The lowest BCUT2D eigenvalue weighted by molar-refractivity contribution is 0.419. The van der Waals surface area contributed by atoms with E-state index in [1.165, 1.54) is 0 Å². The summed E-state index contributed by atoms with van der Waals surface area (Å²) in [6, 6.07) is 5.70. The van der Waals surface area contributed by atoms with Gasteiger partial charge in [0.15, 0.2) is 5.82 Å². The molecule has 0 fully saturated rings. The van der Waals surface area contributed by atoms with E-state index >= 15 is 0 Å². The first-order chi connectivity index (χ1) is 7.65. The molecule has 2 aromatic heterocycles. The van der Waals surface area contributed by atoms with Crippen LogP contribution in [0.4, 0.5) is 0 Å². The SMILES string of the molecule is Cc1cccc(-c2nc(CC(C)N)no2)n1. The standard InChI is InChI=1S/C11H14N4O/c1-7(12)6-10-14-11(16-15-10)9-5-3-4-8(2)13-9/h3-5,7H,6,12H2,1-2H3. The van der Waals surface area contributed by atoms with E-state index in [1.54, 1.807) is 0 Å². The molecule has 0 aliphatic rings. The van der Waals surface area contributed by atoms with Gasteiger partial charge in [0.1, 0.15) is 5.69 Å². The van der Waals surface area contributed by atoms with Crippen molar-refractivity contribution in [3.63, 3.8) is 0 Å². The smallest absolute Gasteiger partial charge is 0.276 e. The van der Waals surface area contributed by atoms with Crippen LogP contribution in [0.25, 0.3) is 11.6 Å². The van der Waals surface area contributed by atoms with Gasteiger partial charge in [-0.3, -0.25) is 0 Å². The average molecular weight is 218 g/mol. The van der Waals surface area contributed by atoms with Crippen molar-refractivity contribution in [2.45, 2.75) is 26.3 Å². The zero-order valence-corrected chi connectivity index (χ0v) is 9.34. The van der Waals surface area contributed by atoms with Gasteiger partial charge in [0, 0.05) is 18.2 Å². The summed E-state index contributed by atoms with van der Waals surface area (Å²) in [5, 5.41) is 3.86. The lowest BCUT2D eigenvalue weighted by atomic mass is 10.2. The molecule has 0 aliphatic carbocycles. The fourth-order valence-electron chi connectivity index (χ4n) is 1.39. The molecule has 0 radical (unpaired) electrons. The normalized spacial score (nSPS) is 12.7. The van der Waals surface area contributed by atoms with Gasteiger partial charge in [-0.25, -0.2) is 4.98 Å². The Balaban J connectivity index is 2.24. The molecule has 84 valence electrons. The third kappa shape index (κ3) is 2.43. The van der Waals surface area contributed by atoms with Gasteiger partial charge in [0.2, 0.25) is 0 Å². The van der Waals surface area contributed by atoms with E-state index in [9.17, 15) is 0 Å². The second kappa shape index (κ2) is 4.40. The molecule has 0 aromatic carbocycles. The molecular weight excluding hydrogens is 204 g/mol. The van der Waals surface area contributed by atoms with E-state index in [1.807, 2.05) is 32.0 Å². The summed E-state index contributed by atoms with van der Waals surface area (Å²) in [5.41, 5.74) is 7.28. The number of aromatic nitrogens is 3. The molecule has 0 saturated heterocycles. The van der Waals surface area contributed by atoms with Gasteiger partial charge < -0.3 is 10.3 Å². The third-order valence-corrected chi connectivity index (χ3v) is 2.08. The summed E-state index contributed by atoms with van der Waals surface area (Å²) < 4.78 is 5.13. The number of hydrogen-bond acceptors (Lipinski definition) is 5. The summed E-state index contributed by atoms with van der Waals surface area (Å²) in [4.78, 5) is 8.55. The minimum Gasteiger partial charge on any atom is -0.332 e. The van der Waals surface area contributed by atoms with Crippen LogP contribution < -0.4 is 5.73 Å². The highest BCUT2D eigenvalue weighted by Crippen LogP contribution is 2.14. The number of aryl methyl sites for hydroxylation is 1. The van der Waals surface area contributed by atoms with Crippen LogP contribution in [0.2, 0.25) is 0 Å². The molecule has 0 spiro atoms. The van der Waals surface area contributed by atoms with Crippen LogP contribution in [0, 0.1) is 6.92 Å². The minimum absolute atomic E-state index is 0.0240. The Morgan fingerprint density at radius 2 is 2.19 bits per heavy atom. The highest BCUT2D eigenvalue weighted by atomic mass is 16.5. The van der Waals surface area contributed by atoms with Crippen molar-refractivity contribution < 1.29 is 4.52 Å². The monoisotopic (exact) mass is 218 g/mol. The van der Waals surface area contributed by atoms with E-state index in [-0.39, 0.29) is 6.04 Å². The maximum Gasteiger partial charge on any atom is 0.276 e. The maximum absolute atomic E-state index is 5.66. The molecular formula is C11H14N4O. The quantitative estimate of drug-likeness (QED) is 0.840. The van der Waals surface area contributed by atoms with E-state index in [4.69, 9.17) is 10.3 Å². The van der Waals surface area contributed by atoms with Gasteiger partial charge in [-0.15, -0.1) is 0 Å². The van der Waals surface area contributed by atoms with Gasteiger partial charge in [-0.05, 0) is 26.0 Å². The van der Waals surface area contributed by atoms with Crippen LogP contribution in [0.1, 0.15) is 18.4 Å². The van der Waals surface area contributed by atoms with Crippen LogP contribution in [0.3, 0.4) is 0 Å². The van der Waals surface area contributed by atoms with Gasteiger partial charge >= 0.3 is 0 Å². The van der Waals surface area contributed by atoms with E-state index in [2.05, 4.69) is 15.1 Å². The summed E-state index contributed by atoms with van der Waals surface area (Å²) in [6.45, 7) is 3.82. The molecule has 16 heavy (non-hydrogen) atoms. The van der Waals surface area contributed by atoms with Crippen molar-refractivity contribution in [2.24, 2.45) is 5.73 Å². The Labute approximate surface area is 93.7 Å². The molecule has 5 heteroatoms. The van der Waals surface area contributed by atoms with Crippen molar-refractivity contribution in [1.82, 2.24) is 15.1 Å². The Morgan fingerprint density at radius 3 is 2.88 bits per heavy atom. The van der Waals surface area contributed by atoms with Gasteiger partial charge in [-0.2, -0.15) is 4.98 Å². The lowest BCUT2D eigenvalue weighted by Gasteiger charge is -1.97. The molecule has 5 nitrogen and oxygen atoms in total. The maximum atomic E-state index is 5.66. The largest absolute Gasteiger partial charge is 0.332 e. The van der Waals surface area contributed by atoms with Crippen LogP contribution >= 0.6 is 0 Å². The number of hydrogen-bond donors (Lipinski definition) is 1. The Morgan fingerprint density at radius 1 is 1.38 bits per heavy atom. The summed E-state index contributed by atoms with van der Waals surface area (Å²) >= 11 is 0. The van der Waals surface area contributed by atoms with Gasteiger partial charge in [0.05, 0.1) is 0 Å². The second-order valence-electron chi connectivity index (χ2n) is 3.86. The summed E-state index contributed by atoms with van der Waals surface area (Å²) in [6.07, 6.45) is 0.606. The van der Waals surface area contributed by atoms with E-state index in [0.717, 1.165) is 5.69 Å². The van der Waals surface area contributed by atoms with Crippen molar-refractivity contribution in [3.05, 3.63) is 29.7 Å². The van der Waals surface area contributed by atoms with Crippen molar-refractivity contribution in [2.75, 3.05) is 0 Å². The second-order valence-corrected chi connectivity index (χ2v) is 3.86. The molecule has 1 atom stereocenters. The molecule has 2 heterocycles. The first-order valence-electron chi connectivity index (χ1n) is 5.17. The fourth-order valence-corrected chi connectivity index (χ4v) is 1.39. The zero-order valence-electron chi connectivity index (χ0n) is 9.34. The molecule has 2 N–H and O–H groups in total. The average Bonchev–Trinajstić information content (AvgIpc) is 2.65.